The summed E-state index contributed by atoms with van der Waals surface area (Å²) >= 11 is 6.05. The maximum atomic E-state index is 12.8. The molecule has 2 aromatic rings. The highest BCUT2D eigenvalue weighted by atomic mass is 35.5. The summed E-state index contributed by atoms with van der Waals surface area (Å²) in [5.41, 5.74) is -0.181. The Hall–Kier alpha value is -2.14. The fourth-order valence-electron chi connectivity index (χ4n) is 2.84. The van der Waals surface area contributed by atoms with E-state index in [1.54, 1.807) is 0 Å². The van der Waals surface area contributed by atoms with E-state index in [0.717, 1.165) is 25.0 Å². The first-order valence-corrected chi connectivity index (χ1v) is 11.6. The fourth-order valence-corrected chi connectivity index (χ4v) is 5.95. The van der Waals surface area contributed by atoms with E-state index in [9.17, 15) is 21.6 Å². The van der Waals surface area contributed by atoms with Crippen molar-refractivity contribution in [3.63, 3.8) is 0 Å². The van der Waals surface area contributed by atoms with Gasteiger partial charge in [-0.05, 0) is 49.2 Å². The summed E-state index contributed by atoms with van der Waals surface area (Å²) in [7, 11) is -7.97. The molecule has 0 aromatic heterocycles. The SMILES string of the molecule is O=C(O)c1cccc(S(=O)(=O)Nc2ccc(Cl)c(S(=O)(=O)N3CCCC3)c2)c1. The van der Waals surface area contributed by atoms with Crippen molar-refractivity contribution in [3.8, 4) is 0 Å². The van der Waals surface area contributed by atoms with Crippen molar-refractivity contribution in [1.29, 1.82) is 0 Å². The quantitative estimate of drug-likeness (QED) is 0.706. The van der Waals surface area contributed by atoms with Crippen LogP contribution in [0, 0.1) is 0 Å². The van der Waals surface area contributed by atoms with Gasteiger partial charge in [0.05, 0.1) is 21.2 Å². The molecular formula is C17H17ClN2O6S2. The van der Waals surface area contributed by atoms with E-state index in [0.29, 0.717) is 13.1 Å². The Labute approximate surface area is 167 Å². The molecule has 1 heterocycles. The first-order chi connectivity index (χ1) is 13.1. The number of hydrogen-bond acceptors (Lipinski definition) is 5. The molecule has 28 heavy (non-hydrogen) atoms. The van der Waals surface area contributed by atoms with E-state index in [1.165, 1.54) is 34.6 Å². The third-order valence-electron chi connectivity index (χ3n) is 4.26. The molecule has 1 aliphatic rings. The molecule has 0 bridgehead atoms. The second-order valence-corrected chi connectivity index (χ2v) is 10.2. The summed E-state index contributed by atoms with van der Waals surface area (Å²) in [6, 6.07) is 8.64. The molecule has 2 N–H and O–H groups in total. The van der Waals surface area contributed by atoms with Crippen LogP contribution in [0.1, 0.15) is 23.2 Å². The molecule has 3 rings (SSSR count). The topological polar surface area (TPSA) is 121 Å². The fraction of sp³-hybridized carbons (Fsp3) is 0.235. The van der Waals surface area contributed by atoms with Gasteiger partial charge in [0.1, 0.15) is 4.90 Å². The van der Waals surface area contributed by atoms with Crippen LogP contribution in [0.25, 0.3) is 0 Å². The highest BCUT2D eigenvalue weighted by molar-refractivity contribution is 7.92. The van der Waals surface area contributed by atoms with Crippen LogP contribution in [-0.2, 0) is 20.0 Å². The molecule has 1 aliphatic heterocycles. The van der Waals surface area contributed by atoms with Crippen LogP contribution in [0.5, 0.6) is 0 Å². The van der Waals surface area contributed by atoms with Gasteiger partial charge < -0.3 is 5.11 Å². The van der Waals surface area contributed by atoms with Crippen LogP contribution in [0.2, 0.25) is 5.02 Å². The zero-order valence-corrected chi connectivity index (χ0v) is 16.9. The predicted octanol–water partition coefficient (Wildman–Crippen LogP) is 2.62. The van der Waals surface area contributed by atoms with E-state index in [1.807, 2.05) is 0 Å². The van der Waals surface area contributed by atoms with Gasteiger partial charge in [0.15, 0.2) is 0 Å². The zero-order chi connectivity index (χ0) is 20.5. The number of hydrogen-bond donors (Lipinski definition) is 2. The van der Waals surface area contributed by atoms with Gasteiger partial charge in [-0.25, -0.2) is 21.6 Å². The van der Waals surface area contributed by atoms with Crippen molar-refractivity contribution >= 4 is 43.3 Å². The van der Waals surface area contributed by atoms with Gasteiger partial charge in [-0.15, -0.1) is 0 Å². The molecule has 0 unspecified atom stereocenters. The molecule has 0 aliphatic carbocycles. The van der Waals surface area contributed by atoms with Crippen molar-refractivity contribution in [3.05, 3.63) is 53.1 Å². The number of carboxylic acids is 1. The maximum Gasteiger partial charge on any atom is 0.335 e. The molecule has 0 atom stereocenters. The third kappa shape index (κ3) is 4.14. The Morgan fingerprint density at radius 2 is 1.71 bits per heavy atom. The van der Waals surface area contributed by atoms with E-state index in [2.05, 4.69) is 4.72 Å². The Morgan fingerprint density at radius 3 is 2.36 bits per heavy atom. The summed E-state index contributed by atoms with van der Waals surface area (Å²) in [4.78, 5) is 10.6. The second kappa shape index (κ2) is 7.70. The first-order valence-electron chi connectivity index (χ1n) is 8.27. The summed E-state index contributed by atoms with van der Waals surface area (Å²) in [5, 5.41) is 9.01. The van der Waals surface area contributed by atoms with Crippen LogP contribution in [-0.4, -0.2) is 45.3 Å². The normalized spacial score (nSPS) is 15.5. The lowest BCUT2D eigenvalue weighted by molar-refractivity contribution is 0.0696. The van der Waals surface area contributed by atoms with Crippen molar-refractivity contribution in [2.75, 3.05) is 17.8 Å². The van der Waals surface area contributed by atoms with E-state index in [4.69, 9.17) is 16.7 Å². The number of nitrogens with one attached hydrogen (secondary N) is 1. The number of nitrogens with zero attached hydrogens (tertiary/aromatic N) is 1. The van der Waals surface area contributed by atoms with Gasteiger partial charge >= 0.3 is 5.97 Å². The molecule has 0 saturated carbocycles. The lowest BCUT2D eigenvalue weighted by Crippen LogP contribution is -2.28. The molecule has 8 nitrogen and oxygen atoms in total. The largest absolute Gasteiger partial charge is 0.478 e. The molecule has 0 amide bonds. The maximum absolute atomic E-state index is 12.8. The highest BCUT2D eigenvalue weighted by Crippen LogP contribution is 2.30. The number of sulfonamides is 2. The number of aromatic carboxylic acids is 1. The Kier molecular flexibility index (Phi) is 5.67. The van der Waals surface area contributed by atoms with Crippen LogP contribution in [0.4, 0.5) is 5.69 Å². The average Bonchev–Trinajstić information content (AvgIpc) is 3.19. The van der Waals surface area contributed by atoms with Crippen LogP contribution >= 0.6 is 11.6 Å². The minimum Gasteiger partial charge on any atom is -0.478 e. The summed E-state index contributed by atoms with van der Waals surface area (Å²) in [6.07, 6.45) is 1.51. The minimum atomic E-state index is -4.13. The zero-order valence-electron chi connectivity index (χ0n) is 14.5. The Bertz CT molecular complexity index is 1130. The Balaban J connectivity index is 1.95. The number of benzene rings is 2. The number of carbonyl (C=O) groups is 1. The van der Waals surface area contributed by atoms with E-state index < -0.39 is 26.0 Å². The third-order valence-corrected chi connectivity index (χ3v) is 8.02. The summed E-state index contributed by atoms with van der Waals surface area (Å²) in [5.74, 6) is -1.26. The van der Waals surface area contributed by atoms with E-state index >= 15 is 0 Å². The minimum absolute atomic E-state index is 0.00269. The van der Waals surface area contributed by atoms with Gasteiger partial charge in [0, 0.05) is 13.1 Å². The average molecular weight is 445 g/mol. The number of rotatable bonds is 6. The summed E-state index contributed by atoms with van der Waals surface area (Å²) < 4.78 is 54.3. The highest BCUT2D eigenvalue weighted by Gasteiger charge is 2.29. The molecule has 0 spiro atoms. The first kappa shape index (κ1) is 20.6. The van der Waals surface area contributed by atoms with Gasteiger partial charge in [-0.1, -0.05) is 17.7 Å². The Morgan fingerprint density at radius 1 is 1.04 bits per heavy atom. The van der Waals surface area contributed by atoms with Crippen molar-refractivity contribution in [2.45, 2.75) is 22.6 Å². The van der Waals surface area contributed by atoms with Gasteiger partial charge in [-0.2, -0.15) is 4.31 Å². The standard InChI is InChI=1S/C17H17ClN2O6S2/c18-15-7-6-13(11-16(15)28(25,26)20-8-1-2-9-20)19-27(23,24)14-5-3-4-12(10-14)17(21)22/h3-7,10-11,19H,1-2,8-9H2,(H,21,22). The molecule has 1 fully saturated rings. The number of carboxylic acid groups (broad SMARTS) is 1. The molecule has 0 radical (unpaired) electrons. The van der Waals surface area contributed by atoms with Crippen LogP contribution in [0.3, 0.4) is 0 Å². The molecule has 11 heteroatoms. The molecular weight excluding hydrogens is 428 g/mol. The molecule has 150 valence electrons. The van der Waals surface area contributed by atoms with Crippen molar-refractivity contribution in [2.24, 2.45) is 0 Å². The number of halogens is 1. The van der Waals surface area contributed by atoms with Crippen molar-refractivity contribution < 1.29 is 26.7 Å². The van der Waals surface area contributed by atoms with Gasteiger partial charge in [-0.3, -0.25) is 4.72 Å². The van der Waals surface area contributed by atoms with E-state index in [-0.39, 0.29) is 26.1 Å². The van der Waals surface area contributed by atoms with Gasteiger partial charge in [0.2, 0.25) is 10.0 Å². The monoisotopic (exact) mass is 444 g/mol. The summed E-state index contributed by atoms with van der Waals surface area (Å²) in [6.45, 7) is 0.771. The smallest absolute Gasteiger partial charge is 0.335 e. The van der Waals surface area contributed by atoms with Crippen molar-refractivity contribution in [1.82, 2.24) is 4.31 Å². The lowest BCUT2D eigenvalue weighted by Gasteiger charge is -2.17. The lowest BCUT2D eigenvalue weighted by atomic mass is 10.2. The number of anilines is 1. The predicted molar refractivity (Wildman–Crippen MR) is 104 cm³/mol. The molecule has 1 saturated heterocycles. The van der Waals surface area contributed by atoms with Crippen LogP contribution in [0.15, 0.2) is 52.3 Å². The molecule has 2 aromatic carbocycles. The van der Waals surface area contributed by atoms with Crippen LogP contribution < -0.4 is 4.72 Å². The second-order valence-electron chi connectivity index (χ2n) is 6.19. The van der Waals surface area contributed by atoms with Gasteiger partial charge in [0.25, 0.3) is 10.0 Å².